The number of nitrogen functional groups attached to an aromatic ring is 1. The number of nitrogens with one attached hydrogen (secondary N) is 2. The standard InChI is InChI=1S/C14H16N6O2/c1-7-8(2)20(13(22)9-4-3-5-16-6-9)10-11(17-7)18-14(15)19-12(10)21/h3-8H,1-2H3,(H4,15,17,18,19,21)/t7-,8+/m1/s1. The molecular formula is C14H16N6O2. The third-order valence-corrected chi connectivity index (χ3v) is 3.78. The molecule has 0 bridgehead atoms. The van der Waals surface area contributed by atoms with Crippen LogP contribution < -0.4 is 21.5 Å². The van der Waals surface area contributed by atoms with Crippen LogP contribution in [-0.4, -0.2) is 32.9 Å². The molecule has 0 aromatic carbocycles. The van der Waals surface area contributed by atoms with Gasteiger partial charge in [0.15, 0.2) is 11.5 Å². The smallest absolute Gasteiger partial charge is 0.278 e. The van der Waals surface area contributed by atoms with E-state index in [0.29, 0.717) is 11.4 Å². The number of fused-ring (bicyclic) bond motifs is 1. The van der Waals surface area contributed by atoms with Gasteiger partial charge in [-0.3, -0.25) is 24.5 Å². The number of pyridine rings is 1. The highest BCUT2D eigenvalue weighted by atomic mass is 16.2. The number of H-pyrrole nitrogens is 1. The lowest BCUT2D eigenvalue weighted by Gasteiger charge is -2.38. The summed E-state index contributed by atoms with van der Waals surface area (Å²) in [6.45, 7) is 3.78. The fourth-order valence-corrected chi connectivity index (χ4v) is 2.49. The van der Waals surface area contributed by atoms with E-state index < -0.39 is 5.56 Å². The summed E-state index contributed by atoms with van der Waals surface area (Å²) in [4.78, 5) is 37.0. The molecule has 0 unspecified atom stereocenters. The van der Waals surface area contributed by atoms with Crippen molar-refractivity contribution in [3.05, 3.63) is 40.4 Å². The maximum absolute atomic E-state index is 12.8. The molecule has 4 N–H and O–H groups in total. The van der Waals surface area contributed by atoms with Crippen molar-refractivity contribution < 1.29 is 4.79 Å². The highest BCUT2D eigenvalue weighted by Crippen LogP contribution is 2.30. The molecule has 1 amide bonds. The van der Waals surface area contributed by atoms with E-state index in [1.807, 2.05) is 13.8 Å². The maximum atomic E-state index is 12.8. The van der Waals surface area contributed by atoms with E-state index in [1.165, 1.54) is 11.1 Å². The molecule has 2 aromatic rings. The average molecular weight is 300 g/mol. The predicted molar refractivity (Wildman–Crippen MR) is 82.9 cm³/mol. The van der Waals surface area contributed by atoms with Gasteiger partial charge in [0, 0.05) is 18.4 Å². The fourth-order valence-electron chi connectivity index (χ4n) is 2.49. The van der Waals surface area contributed by atoms with Crippen molar-refractivity contribution in [1.29, 1.82) is 0 Å². The molecule has 22 heavy (non-hydrogen) atoms. The number of carbonyl (C=O) groups excluding carboxylic acids is 1. The fraction of sp³-hybridized carbons (Fsp3) is 0.286. The number of nitrogens with zero attached hydrogens (tertiary/aromatic N) is 3. The normalized spacial score (nSPS) is 20.2. The summed E-state index contributed by atoms with van der Waals surface area (Å²) in [6, 6.07) is 3.03. The maximum Gasteiger partial charge on any atom is 0.278 e. The van der Waals surface area contributed by atoms with Gasteiger partial charge in [-0.05, 0) is 26.0 Å². The number of rotatable bonds is 1. The third kappa shape index (κ3) is 2.18. The molecule has 3 rings (SSSR count). The quantitative estimate of drug-likeness (QED) is 0.710. The Morgan fingerprint density at radius 3 is 2.86 bits per heavy atom. The Kier molecular flexibility index (Phi) is 3.28. The van der Waals surface area contributed by atoms with Gasteiger partial charge in [-0.1, -0.05) is 0 Å². The van der Waals surface area contributed by atoms with Gasteiger partial charge in [-0.15, -0.1) is 0 Å². The van der Waals surface area contributed by atoms with Gasteiger partial charge in [-0.2, -0.15) is 4.98 Å². The molecule has 0 fully saturated rings. The minimum absolute atomic E-state index is 0.00628. The molecule has 2 aromatic heterocycles. The third-order valence-electron chi connectivity index (χ3n) is 3.78. The second kappa shape index (κ2) is 5.14. The second-order valence-electron chi connectivity index (χ2n) is 5.24. The van der Waals surface area contributed by atoms with Gasteiger partial charge in [0.2, 0.25) is 5.95 Å². The van der Waals surface area contributed by atoms with E-state index in [-0.39, 0.29) is 29.6 Å². The van der Waals surface area contributed by atoms with Crippen LogP contribution in [-0.2, 0) is 0 Å². The van der Waals surface area contributed by atoms with E-state index in [0.717, 1.165) is 0 Å². The van der Waals surface area contributed by atoms with Crippen LogP contribution in [0.25, 0.3) is 0 Å². The van der Waals surface area contributed by atoms with E-state index >= 15 is 0 Å². The van der Waals surface area contributed by atoms with Crippen LogP contribution in [0, 0.1) is 0 Å². The lowest BCUT2D eigenvalue weighted by Crippen LogP contribution is -2.53. The summed E-state index contributed by atoms with van der Waals surface area (Å²) in [5.41, 5.74) is 5.71. The van der Waals surface area contributed by atoms with Crippen LogP contribution in [0.5, 0.6) is 0 Å². The van der Waals surface area contributed by atoms with Gasteiger partial charge >= 0.3 is 0 Å². The largest absolute Gasteiger partial charge is 0.369 e. The van der Waals surface area contributed by atoms with Gasteiger partial charge in [0.05, 0.1) is 11.6 Å². The van der Waals surface area contributed by atoms with Crippen LogP contribution in [0.3, 0.4) is 0 Å². The van der Waals surface area contributed by atoms with Crippen molar-refractivity contribution in [3.8, 4) is 0 Å². The van der Waals surface area contributed by atoms with Crippen molar-refractivity contribution >= 4 is 23.4 Å². The predicted octanol–water partition coefficient (Wildman–Crippen LogP) is 0.596. The number of amides is 1. The van der Waals surface area contributed by atoms with E-state index in [4.69, 9.17) is 5.73 Å². The summed E-state index contributed by atoms with van der Waals surface area (Å²) in [6.07, 6.45) is 3.06. The first-order valence-corrected chi connectivity index (χ1v) is 6.89. The Labute approximate surface area is 126 Å². The van der Waals surface area contributed by atoms with Crippen molar-refractivity contribution in [2.24, 2.45) is 0 Å². The van der Waals surface area contributed by atoms with Gasteiger partial charge in [-0.25, -0.2) is 0 Å². The molecule has 0 saturated heterocycles. The highest BCUT2D eigenvalue weighted by Gasteiger charge is 2.36. The van der Waals surface area contributed by atoms with Crippen molar-refractivity contribution in [2.75, 3.05) is 16.0 Å². The number of nitrogens with two attached hydrogens (primary N) is 1. The first-order chi connectivity index (χ1) is 10.5. The molecule has 114 valence electrons. The van der Waals surface area contributed by atoms with Crippen molar-refractivity contribution in [1.82, 2.24) is 15.0 Å². The van der Waals surface area contributed by atoms with E-state index in [2.05, 4.69) is 20.3 Å². The lowest BCUT2D eigenvalue weighted by atomic mass is 10.0. The number of anilines is 3. The Balaban J connectivity index is 2.15. The van der Waals surface area contributed by atoms with Crippen LogP contribution in [0.4, 0.5) is 17.5 Å². The number of hydrogen-bond acceptors (Lipinski definition) is 6. The minimum atomic E-state index is -0.453. The molecule has 0 aliphatic carbocycles. The van der Waals surface area contributed by atoms with Crippen molar-refractivity contribution in [3.63, 3.8) is 0 Å². The number of hydrogen-bond donors (Lipinski definition) is 3. The molecule has 0 saturated carbocycles. The van der Waals surface area contributed by atoms with Crippen molar-refractivity contribution in [2.45, 2.75) is 25.9 Å². The van der Waals surface area contributed by atoms with Crippen LogP contribution in [0.2, 0.25) is 0 Å². The molecule has 8 nitrogen and oxygen atoms in total. The van der Waals surface area contributed by atoms with Gasteiger partial charge < -0.3 is 11.1 Å². The zero-order valence-corrected chi connectivity index (χ0v) is 12.2. The molecule has 0 radical (unpaired) electrons. The van der Waals surface area contributed by atoms with Crippen LogP contribution in [0.15, 0.2) is 29.3 Å². The van der Waals surface area contributed by atoms with Gasteiger partial charge in [0.25, 0.3) is 11.5 Å². The first kappa shape index (κ1) is 14.1. The first-order valence-electron chi connectivity index (χ1n) is 6.89. The summed E-state index contributed by atoms with van der Waals surface area (Å²) in [5.74, 6) is 0.0168. The number of aromatic nitrogens is 3. The zero-order valence-electron chi connectivity index (χ0n) is 12.2. The average Bonchev–Trinajstić information content (AvgIpc) is 2.49. The Hall–Kier alpha value is -2.90. The monoisotopic (exact) mass is 300 g/mol. The van der Waals surface area contributed by atoms with E-state index in [9.17, 15) is 9.59 Å². The summed E-state index contributed by atoms with van der Waals surface area (Å²) >= 11 is 0. The molecule has 1 aliphatic heterocycles. The lowest BCUT2D eigenvalue weighted by molar-refractivity contribution is 0.0974. The highest BCUT2D eigenvalue weighted by molar-refractivity contribution is 6.08. The molecular weight excluding hydrogens is 284 g/mol. The Morgan fingerprint density at radius 1 is 1.41 bits per heavy atom. The number of aromatic amines is 1. The zero-order chi connectivity index (χ0) is 15.9. The number of carbonyl (C=O) groups is 1. The molecule has 2 atom stereocenters. The molecule has 0 spiro atoms. The molecule has 3 heterocycles. The van der Waals surface area contributed by atoms with Gasteiger partial charge in [0.1, 0.15) is 0 Å². The second-order valence-corrected chi connectivity index (χ2v) is 5.24. The van der Waals surface area contributed by atoms with Crippen LogP contribution in [0.1, 0.15) is 24.2 Å². The summed E-state index contributed by atoms with van der Waals surface area (Å²) in [7, 11) is 0. The summed E-state index contributed by atoms with van der Waals surface area (Å²) in [5, 5.41) is 3.11. The van der Waals surface area contributed by atoms with E-state index in [1.54, 1.807) is 18.3 Å². The minimum Gasteiger partial charge on any atom is -0.369 e. The molecule has 8 heteroatoms. The summed E-state index contributed by atoms with van der Waals surface area (Å²) < 4.78 is 0. The molecule has 1 aliphatic rings. The van der Waals surface area contributed by atoms with Crippen LogP contribution >= 0.6 is 0 Å². The topological polar surface area (TPSA) is 117 Å². The Morgan fingerprint density at radius 2 is 2.18 bits per heavy atom. The SMILES string of the molecule is C[C@H]1Nc2nc(N)[nH]c(=O)c2N(C(=O)c2cccnc2)[C@H]1C. The Bertz CT molecular complexity index is 773.